The van der Waals surface area contributed by atoms with Crippen LogP contribution in [0.5, 0.6) is 5.75 Å². The third-order valence-corrected chi connectivity index (χ3v) is 5.85. The Labute approximate surface area is 225 Å². The molecule has 202 valence electrons. The van der Waals surface area contributed by atoms with E-state index in [1.54, 1.807) is 76.4 Å². The fourth-order valence-electron chi connectivity index (χ4n) is 3.69. The van der Waals surface area contributed by atoms with Crippen molar-refractivity contribution in [2.45, 2.75) is 58.7 Å². The van der Waals surface area contributed by atoms with E-state index in [1.165, 1.54) is 0 Å². The van der Waals surface area contributed by atoms with Crippen molar-refractivity contribution in [1.82, 2.24) is 10.2 Å². The number of anilines is 1. The van der Waals surface area contributed by atoms with Gasteiger partial charge in [0.15, 0.2) is 0 Å². The van der Waals surface area contributed by atoms with E-state index in [9.17, 15) is 14.4 Å². The van der Waals surface area contributed by atoms with Crippen LogP contribution in [-0.2, 0) is 14.3 Å². The maximum absolute atomic E-state index is 13.9. The van der Waals surface area contributed by atoms with Crippen molar-refractivity contribution in [2.75, 3.05) is 12.4 Å². The van der Waals surface area contributed by atoms with Crippen LogP contribution in [0.2, 0.25) is 0 Å². The highest BCUT2D eigenvalue weighted by atomic mass is 16.6. The van der Waals surface area contributed by atoms with Gasteiger partial charge in [0.25, 0.3) is 11.8 Å². The van der Waals surface area contributed by atoms with Crippen LogP contribution in [0.1, 0.15) is 58.2 Å². The lowest BCUT2D eigenvalue weighted by molar-refractivity contribution is -0.137. The number of carbonyl (C=O) groups excluding carboxylic acids is 3. The Bertz CT molecular complexity index is 1180. The van der Waals surface area contributed by atoms with Crippen LogP contribution in [0.25, 0.3) is 6.08 Å². The summed E-state index contributed by atoms with van der Waals surface area (Å²) in [6.07, 6.45) is 7.31. The number of terminal acetylenes is 1. The predicted octanol–water partition coefficient (Wildman–Crippen LogP) is 5.38. The Balaban J connectivity index is 2.50. The molecule has 38 heavy (non-hydrogen) atoms. The van der Waals surface area contributed by atoms with Gasteiger partial charge in [0.05, 0.1) is 7.11 Å². The van der Waals surface area contributed by atoms with Crippen molar-refractivity contribution in [3.63, 3.8) is 0 Å². The van der Waals surface area contributed by atoms with Gasteiger partial charge in [0.1, 0.15) is 23.4 Å². The Morgan fingerprint density at radius 2 is 1.82 bits per heavy atom. The zero-order chi connectivity index (χ0) is 28.5. The summed E-state index contributed by atoms with van der Waals surface area (Å²) in [5, 5.41) is 5.49. The molecule has 2 rings (SSSR count). The van der Waals surface area contributed by atoms with E-state index >= 15 is 0 Å². The van der Waals surface area contributed by atoms with Crippen molar-refractivity contribution < 1.29 is 23.9 Å². The molecule has 0 spiro atoms. The van der Waals surface area contributed by atoms with Crippen LogP contribution in [0.3, 0.4) is 0 Å². The van der Waals surface area contributed by atoms with Crippen molar-refractivity contribution in [1.29, 1.82) is 0 Å². The molecule has 0 aliphatic carbocycles. The van der Waals surface area contributed by atoms with Crippen LogP contribution in [0, 0.1) is 18.4 Å². The number of alkyl carbamates (subject to hydrolysis) is 1. The van der Waals surface area contributed by atoms with Gasteiger partial charge in [-0.1, -0.05) is 57.5 Å². The summed E-state index contributed by atoms with van der Waals surface area (Å²) < 4.78 is 10.6. The summed E-state index contributed by atoms with van der Waals surface area (Å²) in [5.74, 6) is -0.798. The highest BCUT2D eigenvalue weighted by Crippen LogP contribution is 2.27. The van der Waals surface area contributed by atoms with E-state index in [2.05, 4.69) is 23.3 Å². The highest BCUT2D eigenvalue weighted by Gasteiger charge is 2.38. The molecule has 8 heteroatoms. The number of hydrogen-bond acceptors (Lipinski definition) is 5. The van der Waals surface area contributed by atoms with Gasteiger partial charge in [-0.15, -0.1) is 0 Å². The van der Waals surface area contributed by atoms with Gasteiger partial charge in [-0.05, 0) is 68.1 Å². The normalized spacial score (nSPS) is 13.2. The zero-order valence-corrected chi connectivity index (χ0v) is 22.9. The summed E-state index contributed by atoms with van der Waals surface area (Å²) in [4.78, 5) is 41.2. The van der Waals surface area contributed by atoms with E-state index in [-0.39, 0.29) is 5.92 Å². The summed E-state index contributed by atoms with van der Waals surface area (Å²) in [7, 11) is 1.55. The molecule has 8 nitrogen and oxygen atoms in total. The quantitative estimate of drug-likeness (QED) is 0.325. The fraction of sp³-hybridized carbons (Fsp3) is 0.367. The average Bonchev–Trinajstić information content (AvgIpc) is 2.88. The van der Waals surface area contributed by atoms with Crippen LogP contribution < -0.4 is 15.4 Å². The van der Waals surface area contributed by atoms with Gasteiger partial charge in [-0.25, -0.2) is 4.79 Å². The van der Waals surface area contributed by atoms with Gasteiger partial charge >= 0.3 is 6.09 Å². The summed E-state index contributed by atoms with van der Waals surface area (Å²) in [6.45, 7) is 12.7. The molecule has 0 aliphatic heterocycles. The monoisotopic (exact) mass is 519 g/mol. The standard InChI is InChI=1S/C30H37N3O5/c1-9-20(4)25(32-29(36)38-30(5,6)7)28(35)33(11-3)26(22-14-12-13-21(10-2)19-22)27(34)31-23-15-17-24(37-8)18-16-23/h3,10,12-20,25-26H,2,9H2,1,4-8H3,(H,31,34)(H,32,36). The smallest absolute Gasteiger partial charge is 0.408 e. The summed E-state index contributed by atoms with van der Waals surface area (Å²) in [6, 6.07) is 14.0. The topological polar surface area (TPSA) is 97.0 Å². The van der Waals surface area contributed by atoms with Gasteiger partial charge in [-0.2, -0.15) is 0 Å². The number of nitrogens with one attached hydrogen (secondary N) is 2. The minimum Gasteiger partial charge on any atom is -0.497 e. The van der Waals surface area contributed by atoms with Crippen LogP contribution >= 0.6 is 0 Å². The second-order valence-corrected chi connectivity index (χ2v) is 9.84. The molecule has 2 aromatic carbocycles. The first kappa shape index (κ1) is 30.0. The Morgan fingerprint density at radius 3 is 2.34 bits per heavy atom. The third-order valence-electron chi connectivity index (χ3n) is 5.85. The van der Waals surface area contributed by atoms with Gasteiger partial charge in [0.2, 0.25) is 0 Å². The predicted molar refractivity (Wildman–Crippen MR) is 149 cm³/mol. The molecule has 3 unspecified atom stereocenters. The number of hydrogen-bond donors (Lipinski definition) is 2. The molecule has 0 radical (unpaired) electrons. The average molecular weight is 520 g/mol. The van der Waals surface area contributed by atoms with Crippen molar-refractivity contribution in [2.24, 2.45) is 5.92 Å². The van der Waals surface area contributed by atoms with E-state index in [4.69, 9.17) is 15.9 Å². The van der Waals surface area contributed by atoms with E-state index in [0.29, 0.717) is 23.4 Å². The van der Waals surface area contributed by atoms with Crippen LogP contribution in [0.4, 0.5) is 10.5 Å². The van der Waals surface area contributed by atoms with E-state index in [1.807, 2.05) is 19.9 Å². The molecule has 0 bridgehead atoms. The van der Waals surface area contributed by atoms with Gasteiger partial charge < -0.3 is 20.1 Å². The first-order valence-electron chi connectivity index (χ1n) is 12.4. The molecule has 3 amide bonds. The molecular weight excluding hydrogens is 482 g/mol. The third kappa shape index (κ3) is 8.13. The van der Waals surface area contributed by atoms with E-state index in [0.717, 1.165) is 10.5 Å². The Hall–Kier alpha value is -4.25. The Kier molecular flexibility index (Phi) is 10.5. The fourth-order valence-corrected chi connectivity index (χ4v) is 3.69. The van der Waals surface area contributed by atoms with E-state index < -0.39 is 35.6 Å². The SMILES string of the molecule is C#CN(C(=O)C(NC(=O)OC(C)(C)C)C(C)CC)C(C(=O)Nc1ccc(OC)cc1)c1cccc(C=C)c1. The number of benzene rings is 2. The summed E-state index contributed by atoms with van der Waals surface area (Å²) in [5.41, 5.74) is 0.972. The minimum absolute atomic E-state index is 0.296. The first-order valence-corrected chi connectivity index (χ1v) is 12.4. The second-order valence-electron chi connectivity index (χ2n) is 9.84. The molecular formula is C30H37N3O5. The molecule has 0 aliphatic rings. The molecule has 0 aromatic heterocycles. The minimum atomic E-state index is -1.19. The molecule has 3 atom stereocenters. The zero-order valence-electron chi connectivity index (χ0n) is 22.9. The largest absolute Gasteiger partial charge is 0.497 e. The molecule has 0 saturated heterocycles. The highest BCUT2D eigenvalue weighted by molar-refractivity contribution is 5.99. The lowest BCUT2D eigenvalue weighted by atomic mass is 9.95. The van der Waals surface area contributed by atoms with Crippen molar-refractivity contribution in [3.05, 3.63) is 66.2 Å². The lowest BCUT2D eigenvalue weighted by Gasteiger charge is -2.32. The number of methoxy groups -OCH3 is 1. The van der Waals surface area contributed by atoms with Crippen molar-refractivity contribution in [3.8, 4) is 18.2 Å². The molecule has 2 N–H and O–H groups in total. The first-order chi connectivity index (χ1) is 17.9. The number of ether oxygens (including phenoxy) is 2. The lowest BCUT2D eigenvalue weighted by Crippen LogP contribution is -2.53. The summed E-state index contributed by atoms with van der Waals surface area (Å²) >= 11 is 0. The number of amides is 3. The number of rotatable bonds is 10. The second kappa shape index (κ2) is 13.3. The molecule has 0 saturated carbocycles. The number of carbonyl (C=O) groups is 3. The number of nitrogens with zero attached hydrogens (tertiary/aromatic N) is 1. The molecule has 2 aromatic rings. The molecule has 0 fully saturated rings. The van der Waals surface area contributed by atoms with Crippen LogP contribution in [-0.4, -0.2) is 41.6 Å². The Morgan fingerprint density at radius 1 is 1.16 bits per heavy atom. The van der Waals surface area contributed by atoms with Crippen molar-refractivity contribution >= 4 is 29.7 Å². The van der Waals surface area contributed by atoms with Crippen LogP contribution in [0.15, 0.2) is 55.1 Å². The van der Waals surface area contributed by atoms with Gasteiger partial charge in [0, 0.05) is 11.7 Å². The maximum Gasteiger partial charge on any atom is 0.408 e. The van der Waals surface area contributed by atoms with Gasteiger partial charge in [-0.3, -0.25) is 14.5 Å². The maximum atomic E-state index is 13.9. The molecule has 0 heterocycles.